The maximum Gasteiger partial charge on any atom is 0.273 e. The molecule has 3 heterocycles. The lowest BCUT2D eigenvalue weighted by Crippen LogP contribution is -2.67. The van der Waals surface area contributed by atoms with E-state index in [2.05, 4.69) is 5.32 Å². The van der Waals surface area contributed by atoms with E-state index in [0.717, 1.165) is 69.7 Å². The molecule has 1 aromatic carbocycles. The fourth-order valence-corrected chi connectivity index (χ4v) is 7.19. The fourth-order valence-electron chi connectivity index (χ4n) is 7.19. The van der Waals surface area contributed by atoms with Crippen LogP contribution in [0.2, 0.25) is 0 Å². The van der Waals surface area contributed by atoms with Crippen molar-refractivity contribution in [2.75, 3.05) is 0 Å². The first kappa shape index (κ1) is 25.2. The Morgan fingerprint density at radius 1 is 0.947 bits per heavy atom. The van der Waals surface area contributed by atoms with E-state index in [0.29, 0.717) is 23.3 Å². The van der Waals surface area contributed by atoms with Crippen molar-refractivity contribution >= 4 is 22.7 Å². The second-order valence-electron chi connectivity index (χ2n) is 11.8. The van der Waals surface area contributed by atoms with E-state index < -0.39 is 5.54 Å². The second kappa shape index (κ2) is 10.2. The molecule has 2 fully saturated rings. The lowest BCUT2D eigenvalue weighted by molar-refractivity contribution is -0.135. The summed E-state index contributed by atoms with van der Waals surface area (Å²) in [6.45, 7) is 2.31. The minimum Gasteiger partial charge on any atom is -0.351 e. The predicted octanol–water partition coefficient (Wildman–Crippen LogP) is 6.35. The minimum atomic E-state index is -1.03. The zero-order chi connectivity index (χ0) is 26.3. The van der Waals surface area contributed by atoms with Crippen LogP contribution in [0.5, 0.6) is 0 Å². The fraction of sp³-hybridized carbons (Fsp3) is 0.548. The van der Waals surface area contributed by atoms with E-state index >= 15 is 0 Å². The Kier molecular flexibility index (Phi) is 6.79. The van der Waals surface area contributed by atoms with Crippen molar-refractivity contribution in [2.24, 2.45) is 0 Å². The standard InChI is InChI=1S/C31H39FN4O2/c1-31(30(38)33-23-12-6-2-3-7-13-23)21-35-26-17-16-22(32)20-25(26)27(34-18-10-11-19-34)28(35)29(37)36(31)24-14-8-4-5-9-15-24/h10-11,16-20,23-24H,2-9,12-15,21H2,1H3,(H,33,38)/t31-/m0/s1. The summed E-state index contributed by atoms with van der Waals surface area (Å²) < 4.78 is 18.4. The van der Waals surface area contributed by atoms with Gasteiger partial charge in [0.25, 0.3) is 5.91 Å². The number of benzene rings is 1. The van der Waals surface area contributed by atoms with Crippen LogP contribution in [-0.4, -0.2) is 43.5 Å². The smallest absolute Gasteiger partial charge is 0.273 e. The molecule has 3 aromatic rings. The number of halogens is 1. The number of aromatic nitrogens is 2. The third-order valence-electron chi connectivity index (χ3n) is 9.15. The van der Waals surface area contributed by atoms with Gasteiger partial charge in [0.2, 0.25) is 5.91 Å². The van der Waals surface area contributed by atoms with Gasteiger partial charge < -0.3 is 19.4 Å². The molecule has 2 aromatic heterocycles. The maximum absolute atomic E-state index is 14.7. The Bertz CT molecular complexity index is 1310. The first-order valence-electron chi connectivity index (χ1n) is 14.6. The highest BCUT2D eigenvalue weighted by Crippen LogP contribution is 2.41. The zero-order valence-electron chi connectivity index (χ0n) is 22.4. The molecule has 7 heteroatoms. The SMILES string of the molecule is C[C@@]1(C(=O)NC2CCCCCC2)Cn2c(c(-n3cccc3)c3cc(F)ccc32)C(=O)N1C1CCCCCC1. The van der Waals surface area contributed by atoms with Gasteiger partial charge in [-0.05, 0) is 62.9 Å². The van der Waals surface area contributed by atoms with Crippen LogP contribution in [0.3, 0.4) is 0 Å². The molecular weight excluding hydrogens is 479 g/mol. The summed E-state index contributed by atoms with van der Waals surface area (Å²) in [6, 6.07) is 8.70. The highest BCUT2D eigenvalue weighted by Gasteiger charge is 2.51. The second-order valence-corrected chi connectivity index (χ2v) is 11.8. The molecule has 6 rings (SSSR count). The van der Waals surface area contributed by atoms with Crippen molar-refractivity contribution in [1.82, 2.24) is 19.4 Å². The number of carbonyl (C=O) groups excluding carboxylic acids is 2. The van der Waals surface area contributed by atoms with Crippen LogP contribution in [0.15, 0.2) is 42.7 Å². The van der Waals surface area contributed by atoms with E-state index in [4.69, 9.17) is 0 Å². The van der Waals surface area contributed by atoms with E-state index in [9.17, 15) is 14.0 Å². The molecule has 2 amide bonds. The van der Waals surface area contributed by atoms with Gasteiger partial charge in [0.1, 0.15) is 17.1 Å². The monoisotopic (exact) mass is 518 g/mol. The van der Waals surface area contributed by atoms with Gasteiger partial charge in [0.15, 0.2) is 0 Å². The molecule has 38 heavy (non-hydrogen) atoms. The third kappa shape index (κ3) is 4.34. The van der Waals surface area contributed by atoms with Crippen molar-refractivity contribution in [3.05, 3.63) is 54.2 Å². The summed E-state index contributed by atoms with van der Waals surface area (Å²) in [5.74, 6) is -0.517. The largest absolute Gasteiger partial charge is 0.351 e. The van der Waals surface area contributed by atoms with Crippen LogP contribution < -0.4 is 5.32 Å². The topological polar surface area (TPSA) is 59.3 Å². The average Bonchev–Trinajstić information content (AvgIpc) is 3.31. The summed E-state index contributed by atoms with van der Waals surface area (Å²) in [7, 11) is 0. The molecule has 3 aliphatic rings. The molecule has 0 spiro atoms. The summed E-state index contributed by atoms with van der Waals surface area (Å²) in [5, 5.41) is 4.08. The van der Waals surface area contributed by atoms with E-state index in [-0.39, 0.29) is 29.7 Å². The summed E-state index contributed by atoms with van der Waals surface area (Å²) >= 11 is 0. The van der Waals surface area contributed by atoms with Gasteiger partial charge >= 0.3 is 0 Å². The van der Waals surface area contributed by atoms with Gasteiger partial charge in [0, 0.05) is 29.9 Å². The van der Waals surface area contributed by atoms with Crippen LogP contribution in [0.25, 0.3) is 16.6 Å². The van der Waals surface area contributed by atoms with Crippen molar-refractivity contribution in [3.63, 3.8) is 0 Å². The normalized spacial score (nSPS) is 23.7. The summed E-state index contributed by atoms with van der Waals surface area (Å²) in [5.41, 5.74) is 0.997. The number of amides is 2. The minimum absolute atomic E-state index is 0.0101. The highest BCUT2D eigenvalue weighted by molar-refractivity contribution is 6.09. The van der Waals surface area contributed by atoms with Crippen LogP contribution in [-0.2, 0) is 11.3 Å². The molecule has 1 atom stereocenters. The quantitative estimate of drug-likeness (QED) is 0.409. The van der Waals surface area contributed by atoms with Gasteiger partial charge in [-0.15, -0.1) is 0 Å². The Balaban J connectivity index is 1.49. The van der Waals surface area contributed by atoms with Gasteiger partial charge in [-0.1, -0.05) is 51.4 Å². The number of carbonyl (C=O) groups is 2. The molecule has 1 N–H and O–H groups in total. The summed E-state index contributed by atoms with van der Waals surface area (Å²) in [6.07, 6.45) is 16.8. The Morgan fingerprint density at radius 2 is 1.58 bits per heavy atom. The highest BCUT2D eigenvalue weighted by atomic mass is 19.1. The van der Waals surface area contributed by atoms with E-state index in [1.54, 1.807) is 6.07 Å². The average molecular weight is 519 g/mol. The summed E-state index contributed by atoms with van der Waals surface area (Å²) in [4.78, 5) is 30.9. The number of rotatable bonds is 4. The first-order valence-corrected chi connectivity index (χ1v) is 14.6. The van der Waals surface area contributed by atoms with E-state index in [1.807, 2.05) is 45.5 Å². The molecule has 0 radical (unpaired) electrons. The van der Waals surface area contributed by atoms with Crippen LogP contribution in [0, 0.1) is 5.82 Å². The van der Waals surface area contributed by atoms with Gasteiger partial charge in [0.05, 0.1) is 17.7 Å². The lowest BCUT2D eigenvalue weighted by Gasteiger charge is -2.48. The van der Waals surface area contributed by atoms with Crippen molar-refractivity contribution in [2.45, 2.75) is 108 Å². The molecular formula is C31H39FN4O2. The van der Waals surface area contributed by atoms with Crippen LogP contribution in [0.4, 0.5) is 4.39 Å². The van der Waals surface area contributed by atoms with Crippen molar-refractivity contribution in [3.8, 4) is 5.69 Å². The first-order chi connectivity index (χ1) is 18.5. The number of hydrogen-bond donors (Lipinski definition) is 1. The number of hydrogen-bond acceptors (Lipinski definition) is 2. The third-order valence-corrected chi connectivity index (χ3v) is 9.15. The maximum atomic E-state index is 14.7. The number of nitrogens with zero attached hydrogens (tertiary/aromatic N) is 3. The Morgan fingerprint density at radius 3 is 2.24 bits per heavy atom. The van der Waals surface area contributed by atoms with E-state index in [1.165, 1.54) is 25.0 Å². The van der Waals surface area contributed by atoms with Gasteiger partial charge in [-0.3, -0.25) is 9.59 Å². The Hall–Kier alpha value is -3.09. The molecule has 2 saturated carbocycles. The van der Waals surface area contributed by atoms with Crippen LogP contribution in [0.1, 0.15) is 94.5 Å². The number of fused-ring (bicyclic) bond motifs is 3. The molecule has 2 aliphatic carbocycles. The molecule has 1 aliphatic heterocycles. The van der Waals surface area contributed by atoms with Crippen molar-refractivity contribution < 1.29 is 14.0 Å². The van der Waals surface area contributed by atoms with Crippen LogP contribution >= 0.6 is 0 Å². The molecule has 6 nitrogen and oxygen atoms in total. The predicted molar refractivity (Wildman–Crippen MR) is 147 cm³/mol. The molecule has 0 bridgehead atoms. The lowest BCUT2D eigenvalue weighted by atomic mass is 9.89. The molecule has 0 saturated heterocycles. The van der Waals surface area contributed by atoms with Crippen molar-refractivity contribution in [1.29, 1.82) is 0 Å². The number of nitrogens with one attached hydrogen (secondary N) is 1. The zero-order valence-corrected chi connectivity index (χ0v) is 22.4. The van der Waals surface area contributed by atoms with Gasteiger partial charge in [-0.25, -0.2) is 4.39 Å². The molecule has 202 valence electrons. The van der Waals surface area contributed by atoms with Gasteiger partial charge in [-0.2, -0.15) is 0 Å². The molecule has 0 unspecified atom stereocenters. The Labute approximate surface area is 224 Å².